The Bertz CT molecular complexity index is 486. The average Bonchev–Trinajstić information content (AvgIpc) is 2.44. The fourth-order valence-electron chi connectivity index (χ4n) is 2.20. The Balaban J connectivity index is 2.51. The van der Waals surface area contributed by atoms with Crippen molar-refractivity contribution in [1.29, 1.82) is 0 Å². The molecule has 0 aliphatic heterocycles. The molecule has 1 unspecified atom stereocenters. The summed E-state index contributed by atoms with van der Waals surface area (Å²) >= 11 is 0. The highest BCUT2D eigenvalue weighted by atomic mass is 16.5. The molecule has 0 bridgehead atoms. The first kappa shape index (κ1) is 17.1. The normalized spacial score (nSPS) is 12.2. The van der Waals surface area contributed by atoms with Crippen LogP contribution in [0.3, 0.4) is 0 Å². The molecule has 0 aliphatic rings. The number of amides is 1. The van der Waals surface area contributed by atoms with Crippen LogP contribution in [0.5, 0.6) is 0 Å². The van der Waals surface area contributed by atoms with Crippen LogP contribution in [0.2, 0.25) is 0 Å². The molecule has 1 aromatic heterocycles. The number of nitrogens with zero attached hydrogens (tertiary/aromatic N) is 1. The van der Waals surface area contributed by atoms with Gasteiger partial charge in [0, 0.05) is 6.07 Å². The van der Waals surface area contributed by atoms with Gasteiger partial charge in [-0.1, -0.05) is 27.2 Å². The van der Waals surface area contributed by atoms with E-state index in [1.54, 1.807) is 22.9 Å². The van der Waals surface area contributed by atoms with Gasteiger partial charge in [-0.25, -0.2) is 4.57 Å². The van der Waals surface area contributed by atoms with Crippen molar-refractivity contribution in [2.75, 3.05) is 6.61 Å². The van der Waals surface area contributed by atoms with E-state index in [2.05, 4.69) is 6.92 Å². The minimum Gasteiger partial charge on any atom is -0.459 e. The van der Waals surface area contributed by atoms with Gasteiger partial charge in [-0.3, -0.25) is 9.59 Å². The second-order valence-corrected chi connectivity index (χ2v) is 5.50. The maximum atomic E-state index is 12.0. The number of nitrogens with two attached hydrogens (primary N) is 1. The van der Waals surface area contributed by atoms with Crippen molar-refractivity contribution >= 4 is 11.9 Å². The van der Waals surface area contributed by atoms with Gasteiger partial charge < -0.3 is 10.5 Å². The van der Waals surface area contributed by atoms with Gasteiger partial charge >= 0.3 is 5.97 Å². The number of carbonyl (C=O) groups excluding carboxylic acids is 2. The fourth-order valence-corrected chi connectivity index (χ4v) is 2.20. The molecule has 5 heteroatoms. The third-order valence-corrected chi connectivity index (χ3v) is 3.44. The zero-order chi connectivity index (χ0) is 15.8. The molecule has 1 heterocycles. The summed E-state index contributed by atoms with van der Waals surface area (Å²) in [7, 11) is 0. The molecule has 0 radical (unpaired) electrons. The van der Waals surface area contributed by atoms with Crippen molar-refractivity contribution in [2.24, 2.45) is 17.6 Å². The summed E-state index contributed by atoms with van der Waals surface area (Å²) in [6.45, 7) is 6.93. The number of aromatic nitrogens is 1. The highest BCUT2D eigenvalue weighted by Crippen LogP contribution is 2.18. The fraction of sp³-hybridized carbons (Fsp3) is 0.562. The van der Waals surface area contributed by atoms with E-state index in [1.807, 2.05) is 20.0 Å². The van der Waals surface area contributed by atoms with Crippen LogP contribution in [-0.2, 0) is 16.1 Å². The van der Waals surface area contributed by atoms with Crippen molar-refractivity contribution in [2.45, 2.75) is 40.2 Å². The number of carbonyl (C=O) groups is 2. The lowest BCUT2D eigenvalue weighted by Crippen LogP contribution is -2.37. The molecule has 5 nitrogen and oxygen atoms in total. The summed E-state index contributed by atoms with van der Waals surface area (Å²) in [5, 5.41) is 0. The van der Waals surface area contributed by atoms with E-state index in [0.29, 0.717) is 18.7 Å². The molecule has 1 amide bonds. The first-order chi connectivity index (χ1) is 9.95. The quantitative estimate of drug-likeness (QED) is 0.585. The zero-order valence-electron chi connectivity index (χ0n) is 13.0. The summed E-state index contributed by atoms with van der Waals surface area (Å²) in [6.07, 6.45) is 5.28. The Hall–Kier alpha value is -1.91. The Kier molecular flexibility index (Phi) is 6.85. The topological polar surface area (TPSA) is 73.3 Å². The van der Waals surface area contributed by atoms with Gasteiger partial charge in [0.25, 0.3) is 5.91 Å². The van der Waals surface area contributed by atoms with E-state index < -0.39 is 5.91 Å². The van der Waals surface area contributed by atoms with Gasteiger partial charge in [-0.05, 0) is 18.4 Å². The van der Waals surface area contributed by atoms with Gasteiger partial charge in [0.1, 0.15) is 5.56 Å². The number of primary amides is 1. The molecule has 0 aliphatic carbocycles. The summed E-state index contributed by atoms with van der Waals surface area (Å²) in [5.74, 6) is -0.372. The van der Waals surface area contributed by atoms with Gasteiger partial charge in [0.15, 0.2) is 25.5 Å². The summed E-state index contributed by atoms with van der Waals surface area (Å²) in [4.78, 5) is 23.1. The van der Waals surface area contributed by atoms with E-state index >= 15 is 0 Å². The van der Waals surface area contributed by atoms with Crippen LogP contribution in [0, 0.1) is 11.8 Å². The molecule has 0 saturated carbocycles. The maximum Gasteiger partial charge on any atom is 0.309 e. The molecule has 0 fully saturated rings. The number of hydrogen-bond acceptors (Lipinski definition) is 3. The van der Waals surface area contributed by atoms with Crippen LogP contribution in [0.4, 0.5) is 0 Å². The third-order valence-electron chi connectivity index (χ3n) is 3.44. The van der Waals surface area contributed by atoms with Gasteiger partial charge in [-0.2, -0.15) is 0 Å². The van der Waals surface area contributed by atoms with Crippen molar-refractivity contribution in [3.8, 4) is 0 Å². The van der Waals surface area contributed by atoms with Crippen LogP contribution >= 0.6 is 0 Å². The monoisotopic (exact) mass is 293 g/mol. The number of pyridine rings is 1. The molecule has 1 rings (SSSR count). The smallest absolute Gasteiger partial charge is 0.309 e. The van der Waals surface area contributed by atoms with Crippen molar-refractivity contribution in [1.82, 2.24) is 0 Å². The molecule has 1 aromatic rings. The van der Waals surface area contributed by atoms with Gasteiger partial charge in [0.2, 0.25) is 0 Å². The SMILES string of the molecule is CCCC(C(=O)OCC[n+]1cccc(C(N)=O)c1)C(C)C. The highest BCUT2D eigenvalue weighted by molar-refractivity contribution is 5.92. The highest BCUT2D eigenvalue weighted by Gasteiger charge is 2.22. The minimum absolute atomic E-state index is 0.0445. The number of esters is 1. The summed E-state index contributed by atoms with van der Waals surface area (Å²) in [5.41, 5.74) is 5.67. The van der Waals surface area contributed by atoms with Crippen LogP contribution in [0.15, 0.2) is 24.5 Å². The van der Waals surface area contributed by atoms with E-state index in [-0.39, 0.29) is 17.8 Å². The molecule has 2 N–H and O–H groups in total. The Morgan fingerprint density at radius 1 is 1.38 bits per heavy atom. The largest absolute Gasteiger partial charge is 0.459 e. The van der Waals surface area contributed by atoms with Crippen molar-refractivity contribution in [3.63, 3.8) is 0 Å². The molecular weight excluding hydrogens is 268 g/mol. The minimum atomic E-state index is -0.468. The van der Waals surface area contributed by atoms with Crippen LogP contribution in [-0.4, -0.2) is 18.5 Å². The standard InChI is InChI=1S/C16H24N2O3/c1-4-6-14(12(2)3)16(20)21-10-9-18-8-5-7-13(11-18)15(17)19/h5,7-8,11-12,14H,4,6,9-10H2,1-3H3,(H-,17,19)/p+1. The molecule has 0 spiro atoms. The lowest BCUT2D eigenvalue weighted by atomic mass is 9.92. The zero-order valence-corrected chi connectivity index (χ0v) is 13.0. The first-order valence-corrected chi connectivity index (χ1v) is 7.41. The van der Waals surface area contributed by atoms with E-state index in [1.165, 1.54) is 0 Å². The lowest BCUT2D eigenvalue weighted by molar-refractivity contribution is -0.698. The van der Waals surface area contributed by atoms with Crippen LogP contribution in [0.25, 0.3) is 0 Å². The second-order valence-electron chi connectivity index (χ2n) is 5.50. The Morgan fingerprint density at radius 2 is 2.10 bits per heavy atom. The van der Waals surface area contributed by atoms with Gasteiger partial charge in [-0.15, -0.1) is 0 Å². The van der Waals surface area contributed by atoms with E-state index in [4.69, 9.17) is 10.5 Å². The molecule has 21 heavy (non-hydrogen) atoms. The molecule has 1 atom stereocenters. The average molecular weight is 293 g/mol. The Labute approximate surface area is 126 Å². The van der Waals surface area contributed by atoms with Crippen molar-refractivity contribution in [3.05, 3.63) is 30.1 Å². The van der Waals surface area contributed by atoms with E-state index in [9.17, 15) is 9.59 Å². The maximum absolute atomic E-state index is 12.0. The molecule has 116 valence electrons. The van der Waals surface area contributed by atoms with Crippen molar-refractivity contribution < 1.29 is 18.9 Å². The number of rotatable bonds is 8. The molecular formula is C16H25N2O3+. The van der Waals surface area contributed by atoms with E-state index in [0.717, 1.165) is 12.8 Å². The predicted octanol–water partition coefficient (Wildman–Crippen LogP) is 1.69. The lowest BCUT2D eigenvalue weighted by Gasteiger charge is -2.18. The predicted molar refractivity (Wildman–Crippen MR) is 79.3 cm³/mol. The third kappa shape index (κ3) is 5.53. The Morgan fingerprint density at radius 3 is 2.67 bits per heavy atom. The first-order valence-electron chi connectivity index (χ1n) is 7.41. The number of hydrogen-bond donors (Lipinski definition) is 1. The molecule has 0 aromatic carbocycles. The van der Waals surface area contributed by atoms with Crippen LogP contribution < -0.4 is 10.3 Å². The number of ether oxygens (including phenoxy) is 1. The molecule has 0 saturated heterocycles. The summed E-state index contributed by atoms with van der Waals surface area (Å²) < 4.78 is 7.14. The summed E-state index contributed by atoms with van der Waals surface area (Å²) in [6, 6.07) is 3.40. The van der Waals surface area contributed by atoms with Gasteiger partial charge in [0.05, 0.1) is 5.92 Å². The van der Waals surface area contributed by atoms with Crippen LogP contribution in [0.1, 0.15) is 44.0 Å². The second kappa shape index (κ2) is 8.39.